The molecule has 0 saturated carbocycles. The highest BCUT2D eigenvalue weighted by molar-refractivity contribution is 6.34. The van der Waals surface area contributed by atoms with Gasteiger partial charge in [-0.15, -0.1) is 0 Å². The highest BCUT2D eigenvalue weighted by Gasteiger charge is 2.42. The highest BCUT2D eigenvalue weighted by Crippen LogP contribution is 2.35. The van der Waals surface area contributed by atoms with E-state index in [1.165, 1.54) is 17.0 Å². The van der Waals surface area contributed by atoms with Crippen LogP contribution in [-0.4, -0.2) is 35.0 Å². The summed E-state index contributed by atoms with van der Waals surface area (Å²) in [7, 11) is 0. The standard InChI is InChI=1S/C16H19ClFNO3/c1-3-16(15(21)22)7-4-8-19(9-16)14(20)12-11(18)6-5-10(2)13(12)17/h5-6H,3-4,7-9H2,1-2H3,(H,21,22)/t16-/m1/s1. The van der Waals surface area contributed by atoms with Crippen LogP contribution in [0.3, 0.4) is 0 Å². The van der Waals surface area contributed by atoms with Gasteiger partial charge in [0.05, 0.1) is 16.0 Å². The predicted octanol–water partition coefficient (Wildman–Crippen LogP) is 3.50. The van der Waals surface area contributed by atoms with Crippen LogP contribution in [0, 0.1) is 18.2 Å². The Morgan fingerprint density at radius 2 is 2.14 bits per heavy atom. The first-order chi connectivity index (χ1) is 10.3. The zero-order valence-corrected chi connectivity index (χ0v) is 13.4. The van der Waals surface area contributed by atoms with Crippen LogP contribution in [0.4, 0.5) is 4.39 Å². The third-order valence-corrected chi connectivity index (χ3v) is 4.98. The minimum absolute atomic E-state index is 0.0847. The quantitative estimate of drug-likeness (QED) is 0.924. The molecule has 1 aromatic carbocycles. The molecule has 0 spiro atoms. The van der Waals surface area contributed by atoms with Crippen LogP contribution in [0.2, 0.25) is 5.02 Å². The van der Waals surface area contributed by atoms with E-state index in [0.717, 1.165) is 0 Å². The summed E-state index contributed by atoms with van der Waals surface area (Å²) in [6.07, 6.45) is 1.53. The van der Waals surface area contributed by atoms with E-state index >= 15 is 0 Å². The van der Waals surface area contributed by atoms with E-state index in [1.54, 1.807) is 13.8 Å². The minimum atomic E-state index is -0.958. The number of nitrogens with zero attached hydrogens (tertiary/aromatic N) is 1. The van der Waals surface area contributed by atoms with Crippen LogP contribution >= 0.6 is 11.6 Å². The van der Waals surface area contributed by atoms with Crippen molar-refractivity contribution in [3.05, 3.63) is 34.1 Å². The fourth-order valence-electron chi connectivity index (χ4n) is 2.93. The van der Waals surface area contributed by atoms with E-state index in [2.05, 4.69) is 0 Å². The number of piperidine rings is 1. The minimum Gasteiger partial charge on any atom is -0.481 e. The third-order valence-electron chi connectivity index (χ3n) is 4.49. The van der Waals surface area contributed by atoms with Crippen LogP contribution in [0.25, 0.3) is 0 Å². The maximum absolute atomic E-state index is 14.0. The van der Waals surface area contributed by atoms with Crippen molar-refractivity contribution in [1.82, 2.24) is 4.90 Å². The second-order valence-electron chi connectivity index (χ2n) is 5.82. The van der Waals surface area contributed by atoms with Gasteiger partial charge in [0.15, 0.2) is 0 Å². The molecule has 1 amide bonds. The molecule has 0 unspecified atom stereocenters. The van der Waals surface area contributed by atoms with Crippen molar-refractivity contribution in [2.75, 3.05) is 13.1 Å². The molecule has 22 heavy (non-hydrogen) atoms. The fourth-order valence-corrected chi connectivity index (χ4v) is 3.16. The van der Waals surface area contributed by atoms with Gasteiger partial charge in [0.2, 0.25) is 0 Å². The molecular weight excluding hydrogens is 309 g/mol. The molecule has 1 N–H and O–H groups in total. The molecule has 1 aliphatic rings. The molecule has 0 aromatic heterocycles. The topological polar surface area (TPSA) is 57.6 Å². The van der Waals surface area contributed by atoms with Gasteiger partial charge >= 0.3 is 5.97 Å². The zero-order valence-electron chi connectivity index (χ0n) is 12.7. The Morgan fingerprint density at radius 1 is 1.45 bits per heavy atom. The average molecular weight is 328 g/mol. The van der Waals surface area contributed by atoms with Gasteiger partial charge in [-0.25, -0.2) is 4.39 Å². The lowest BCUT2D eigenvalue weighted by atomic mass is 9.77. The van der Waals surface area contributed by atoms with E-state index in [0.29, 0.717) is 31.4 Å². The number of amides is 1. The summed E-state index contributed by atoms with van der Waals surface area (Å²) < 4.78 is 14.0. The van der Waals surface area contributed by atoms with Crippen LogP contribution < -0.4 is 0 Å². The number of hydrogen-bond donors (Lipinski definition) is 1. The van der Waals surface area contributed by atoms with Gasteiger partial charge in [-0.2, -0.15) is 0 Å². The van der Waals surface area contributed by atoms with Crippen molar-refractivity contribution in [2.45, 2.75) is 33.1 Å². The van der Waals surface area contributed by atoms with Gasteiger partial charge in [0.25, 0.3) is 5.91 Å². The lowest BCUT2D eigenvalue weighted by Gasteiger charge is -2.39. The van der Waals surface area contributed by atoms with E-state index < -0.39 is 23.1 Å². The van der Waals surface area contributed by atoms with Crippen LogP contribution in [-0.2, 0) is 4.79 Å². The smallest absolute Gasteiger partial charge is 0.311 e. The number of aryl methyl sites for hydroxylation is 1. The Morgan fingerprint density at radius 3 is 2.73 bits per heavy atom. The normalized spacial score (nSPS) is 21.7. The molecule has 1 aliphatic heterocycles. The summed E-state index contributed by atoms with van der Waals surface area (Å²) in [4.78, 5) is 25.6. The van der Waals surface area contributed by atoms with E-state index in [9.17, 15) is 19.1 Å². The van der Waals surface area contributed by atoms with Gasteiger partial charge in [0, 0.05) is 13.1 Å². The number of likely N-dealkylation sites (tertiary alicyclic amines) is 1. The molecule has 6 heteroatoms. The van der Waals surface area contributed by atoms with Gasteiger partial charge in [-0.05, 0) is 37.8 Å². The molecule has 0 bridgehead atoms. The van der Waals surface area contributed by atoms with Crippen molar-refractivity contribution in [1.29, 1.82) is 0 Å². The average Bonchev–Trinajstić information content (AvgIpc) is 2.51. The first-order valence-corrected chi connectivity index (χ1v) is 7.67. The number of benzene rings is 1. The first-order valence-electron chi connectivity index (χ1n) is 7.29. The Kier molecular flexibility index (Phi) is 4.75. The zero-order chi connectivity index (χ0) is 16.5. The van der Waals surface area contributed by atoms with Crippen molar-refractivity contribution < 1.29 is 19.1 Å². The Hall–Kier alpha value is -1.62. The van der Waals surface area contributed by atoms with E-state index in [-0.39, 0.29) is 17.1 Å². The summed E-state index contributed by atoms with van der Waals surface area (Å²) in [6, 6.07) is 2.72. The fraction of sp³-hybridized carbons (Fsp3) is 0.500. The van der Waals surface area contributed by atoms with Crippen molar-refractivity contribution in [3.8, 4) is 0 Å². The maximum Gasteiger partial charge on any atom is 0.311 e. The number of carbonyl (C=O) groups excluding carboxylic acids is 1. The van der Waals surface area contributed by atoms with Crippen LogP contribution in [0.1, 0.15) is 42.1 Å². The number of carbonyl (C=O) groups is 2. The largest absolute Gasteiger partial charge is 0.481 e. The number of halogens is 2. The number of carboxylic acids is 1. The first kappa shape index (κ1) is 16.7. The lowest BCUT2D eigenvalue weighted by molar-refractivity contribution is -0.152. The molecule has 4 nitrogen and oxygen atoms in total. The lowest BCUT2D eigenvalue weighted by Crippen LogP contribution is -2.49. The van der Waals surface area contributed by atoms with E-state index in [4.69, 9.17) is 11.6 Å². The van der Waals surface area contributed by atoms with Crippen molar-refractivity contribution in [3.63, 3.8) is 0 Å². The van der Waals surface area contributed by atoms with Gasteiger partial charge in [0.1, 0.15) is 5.82 Å². The summed E-state index contributed by atoms with van der Waals surface area (Å²) in [5.74, 6) is -2.13. The summed E-state index contributed by atoms with van der Waals surface area (Å²) >= 11 is 6.08. The number of hydrogen-bond acceptors (Lipinski definition) is 2. The second kappa shape index (κ2) is 6.24. The molecule has 2 rings (SSSR count). The Labute approximate surface area is 133 Å². The summed E-state index contributed by atoms with van der Waals surface area (Å²) in [5, 5.41) is 9.56. The maximum atomic E-state index is 14.0. The van der Waals surface area contributed by atoms with Crippen molar-refractivity contribution in [2.24, 2.45) is 5.41 Å². The van der Waals surface area contributed by atoms with Crippen molar-refractivity contribution >= 4 is 23.5 Å². The molecule has 0 aliphatic carbocycles. The molecule has 1 saturated heterocycles. The van der Waals surface area contributed by atoms with Gasteiger partial charge in [-0.3, -0.25) is 9.59 Å². The molecule has 1 atom stereocenters. The summed E-state index contributed by atoms with van der Waals surface area (Å²) in [5.41, 5.74) is -0.511. The number of aliphatic carboxylic acids is 1. The van der Waals surface area contributed by atoms with E-state index in [1.807, 2.05) is 0 Å². The predicted molar refractivity (Wildman–Crippen MR) is 81.6 cm³/mol. The van der Waals surface area contributed by atoms with Crippen LogP contribution in [0.5, 0.6) is 0 Å². The molecule has 1 heterocycles. The molecule has 1 fully saturated rings. The molecule has 1 aromatic rings. The Balaban J connectivity index is 2.34. The SMILES string of the molecule is CC[C@@]1(C(=O)O)CCCN(C(=O)c2c(F)ccc(C)c2Cl)C1. The third kappa shape index (κ3) is 2.82. The molecular formula is C16H19ClFNO3. The van der Waals surface area contributed by atoms with Crippen LogP contribution in [0.15, 0.2) is 12.1 Å². The second-order valence-corrected chi connectivity index (χ2v) is 6.20. The highest BCUT2D eigenvalue weighted by atomic mass is 35.5. The van der Waals surface area contributed by atoms with Gasteiger partial charge < -0.3 is 10.0 Å². The van der Waals surface area contributed by atoms with Gasteiger partial charge in [-0.1, -0.05) is 24.6 Å². The number of rotatable bonds is 3. The molecule has 0 radical (unpaired) electrons. The molecule has 120 valence electrons. The monoisotopic (exact) mass is 327 g/mol. The number of carboxylic acid groups (broad SMARTS) is 1. The Bertz CT molecular complexity index is 620. The summed E-state index contributed by atoms with van der Waals surface area (Å²) in [6.45, 7) is 3.99.